The van der Waals surface area contributed by atoms with Crippen molar-refractivity contribution in [3.63, 3.8) is 0 Å². The number of aliphatic hydroxyl groups excluding tert-OH is 1. The first-order chi connectivity index (χ1) is 13.9. The molecule has 3 N–H and O–H groups in total. The molecule has 4 bridgehead atoms. The minimum Gasteiger partial charge on any atom is -0.386 e. The van der Waals surface area contributed by atoms with Crippen molar-refractivity contribution in [3.05, 3.63) is 12.7 Å². The van der Waals surface area contributed by atoms with Gasteiger partial charge in [-0.2, -0.15) is 0 Å². The number of methoxy groups -OCH3 is 1. The van der Waals surface area contributed by atoms with Gasteiger partial charge in [0.2, 0.25) is 0 Å². The summed E-state index contributed by atoms with van der Waals surface area (Å²) in [4.78, 5) is 0. The van der Waals surface area contributed by atoms with Crippen LogP contribution in [0, 0.1) is 23.2 Å². The largest absolute Gasteiger partial charge is 0.386 e. The zero-order valence-electron chi connectivity index (χ0n) is 19.2. The van der Waals surface area contributed by atoms with E-state index in [1.807, 2.05) is 34.6 Å². The van der Waals surface area contributed by atoms with Crippen LogP contribution in [0.25, 0.3) is 0 Å². The summed E-state index contributed by atoms with van der Waals surface area (Å²) in [6.45, 7) is 13.7. The number of hydrogen-bond donors (Lipinski definition) is 3. The molecule has 1 saturated carbocycles. The van der Waals surface area contributed by atoms with Gasteiger partial charge in [0.05, 0.1) is 30.5 Å². The van der Waals surface area contributed by atoms with Gasteiger partial charge >= 0.3 is 0 Å². The van der Waals surface area contributed by atoms with E-state index in [2.05, 4.69) is 6.58 Å². The van der Waals surface area contributed by atoms with Gasteiger partial charge in [0.1, 0.15) is 12.4 Å². The third kappa shape index (κ3) is 3.56. The average Bonchev–Trinajstić information content (AvgIpc) is 2.90. The Morgan fingerprint density at radius 2 is 1.93 bits per heavy atom. The van der Waals surface area contributed by atoms with Crippen molar-refractivity contribution in [2.75, 3.05) is 13.9 Å². The Bertz CT molecular complexity index is 623. The molecular weight excluding hydrogens is 388 g/mol. The summed E-state index contributed by atoms with van der Waals surface area (Å²) in [5, 5.41) is 34.3. The van der Waals surface area contributed by atoms with Crippen molar-refractivity contribution in [3.8, 4) is 0 Å². The second-order valence-corrected chi connectivity index (χ2v) is 10.2. The fraction of sp³-hybridized carbons (Fsp3) is 0.913. The van der Waals surface area contributed by atoms with Crippen LogP contribution in [0.5, 0.6) is 0 Å². The van der Waals surface area contributed by atoms with Crippen molar-refractivity contribution in [2.24, 2.45) is 23.2 Å². The highest BCUT2D eigenvalue weighted by Gasteiger charge is 2.72. The van der Waals surface area contributed by atoms with Gasteiger partial charge < -0.3 is 34.3 Å². The molecule has 0 aromatic rings. The molecule has 0 amide bonds. The molecule has 2 heterocycles. The molecule has 2 saturated heterocycles. The molecule has 9 atom stereocenters. The van der Waals surface area contributed by atoms with Crippen LogP contribution in [0.3, 0.4) is 0 Å². The van der Waals surface area contributed by atoms with Crippen molar-refractivity contribution in [2.45, 2.75) is 95.8 Å². The zero-order valence-corrected chi connectivity index (χ0v) is 19.2. The minimum atomic E-state index is -1.77. The highest BCUT2D eigenvalue weighted by atomic mass is 16.7. The first-order valence-corrected chi connectivity index (χ1v) is 11.1. The lowest BCUT2D eigenvalue weighted by Crippen LogP contribution is -2.66. The number of fused-ring (bicyclic) bond motifs is 5. The Balaban J connectivity index is 2.08. The maximum atomic E-state index is 11.8. The molecule has 1 aliphatic carbocycles. The summed E-state index contributed by atoms with van der Waals surface area (Å²) in [6.07, 6.45) is 0.347. The molecule has 7 nitrogen and oxygen atoms in total. The Kier molecular flexibility index (Phi) is 6.77. The third-order valence-corrected chi connectivity index (χ3v) is 8.02. The van der Waals surface area contributed by atoms with E-state index in [0.29, 0.717) is 6.42 Å². The van der Waals surface area contributed by atoms with Gasteiger partial charge in [0, 0.05) is 18.9 Å². The number of aliphatic hydroxyl groups is 3. The van der Waals surface area contributed by atoms with E-state index in [9.17, 15) is 15.3 Å². The molecule has 174 valence electrons. The lowest BCUT2D eigenvalue weighted by Gasteiger charge is -2.54. The fourth-order valence-electron chi connectivity index (χ4n) is 6.27. The molecule has 7 heteroatoms. The van der Waals surface area contributed by atoms with Crippen LogP contribution in [-0.4, -0.2) is 71.1 Å². The van der Waals surface area contributed by atoms with Gasteiger partial charge in [-0.15, -0.1) is 6.58 Å². The van der Waals surface area contributed by atoms with Crippen LogP contribution in [-0.2, 0) is 18.9 Å². The van der Waals surface area contributed by atoms with Crippen LogP contribution in [0.15, 0.2) is 12.7 Å². The van der Waals surface area contributed by atoms with Gasteiger partial charge in [-0.3, -0.25) is 0 Å². The van der Waals surface area contributed by atoms with Gasteiger partial charge in [-0.1, -0.05) is 26.8 Å². The smallest absolute Gasteiger partial charge is 0.196 e. The minimum absolute atomic E-state index is 0.00771. The summed E-state index contributed by atoms with van der Waals surface area (Å²) < 4.78 is 23.7. The summed E-state index contributed by atoms with van der Waals surface area (Å²) >= 11 is 0. The average molecular weight is 429 g/mol. The highest BCUT2D eigenvalue weighted by molar-refractivity contribution is 5.18. The molecule has 3 rings (SSSR count). The standard InChI is InChI=1S/C23H40O7/c1-8-17(24)19(29-13(2)3)15-11-23(26)22(25)10-9-16(21(22,5)6)20(28-12-27-7)18(30-23)14(15)4/h8,13-20,24-26H,1,9-12H2,2-7H3/t14-,15+,16+,17-,18-,19+,20-,22+,23+/m1/s1. The monoisotopic (exact) mass is 428 g/mol. The molecule has 3 aliphatic rings. The van der Waals surface area contributed by atoms with Gasteiger partial charge in [-0.25, -0.2) is 0 Å². The van der Waals surface area contributed by atoms with E-state index >= 15 is 0 Å². The van der Waals surface area contributed by atoms with Crippen molar-refractivity contribution >= 4 is 0 Å². The van der Waals surface area contributed by atoms with E-state index < -0.39 is 35.1 Å². The number of rotatable bonds is 8. The lowest BCUT2D eigenvalue weighted by molar-refractivity contribution is -0.371. The van der Waals surface area contributed by atoms with Crippen molar-refractivity contribution < 1.29 is 34.3 Å². The maximum Gasteiger partial charge on any atom is 0.196 e. The van der Waals surface area contributed by atoms with E-state index in [-0.39, 0.29) is 43.2 Å². The van der Waals surface area contributed by atoms with Crippen molar-refractivity contribution in [1.29, 1.82) is 0 Å². The van der Waals surface area contributed by atoms with Gasteiger partial charge in [0.25, 0.3) is 0 Å². The van der Waals surface area contributed by atoms with Crippen LogP contribution >= 0.6 is 0 Å². The predicted octanol–water partition coefficient (Wildman–Crippen LogP) is 2.23. The maximum absolute atomic E-state index is 11.8. The molecule has 0 spiro atoms. The van der Waals surface area contributed by atoms with E-state index in [0.717, 1.165) is 6.42 Å². The van der Waals surface area contributed by atoms with Crippen molar-refractivity contribution in [1.82, 2.24) is 0 Å². The van der Waals surface area contributed by atoms with Crippen LogP contribution in [0.4, 0.5) is 0 Å². The quantitative estimate of drug-likeness (QED) is 0.403. The van der Waals surface area contributed by atoms with Crippen LogP contribution < -0.4 is 0 Å². The molecule has 0 radical (unpaired) electrons. The second kappa shape index (κ2) is 8.43. The van der Waals surface area contributed by atoms with E-state index in [4.69, 9.17) is 18.9 Å². The van der Waals surface area contributed by atoms with Gasteiger partial charge in [0.15, 0.2) is 5.79 Å². The fourth-order valence-corrected chi connectivity index (χ4v) is 6.27. The molecule has 0 unspecified atom stereocenters. The predicted molar refractivity (Wildman–Crippen MR) is 112 cm³/mol. The molecule has 2 aliphatic heterocycles. The molecule has 0 aromatic heterocycles. The SMILES string of the molecule is C=C[C@@H](O)[C@@H](OC(C)C)[C@H]1C[C@]2(O)O[C@H]([C@@H]1C)[C@H](OCOC)[C@@H]1CC[C@]2(O)C1(C)C. The normalized spacial score (nSPS) is 44.5. The Morgan fingerprint density at radius 1 is 1.27 bits per heavy atom. The summed E-state index contributed by atoms with van der Waals surface area (Å²) in [5.74, 6) is -2.13. The summed E-state index contributed by atoms with van der Waals surface area (Å²) in [7, 11) is 1.57. The number of hydrogen-bond acceptors (Lipinski definition) is 7. The topological polar surface area (TPSA) is 97.6 Å². The van der Waals surface area contributed by atoms with Gasteiger partial charge in [-0.05, 0) is 44.4 Å². The Labute approximate surface area is 180 Å². The molecule has 3 fully saturated rings. The number of ether oxygens (including phenoxy) is 4. The second-order valence-electron chi connectivity index (χ2n) is 10.2. The Hall–Kier alpha value is -0.540. The first-order valence-electron chi connectivity index (χ1n) is 11.1. The third-order valence-electron chi connectivity index (χ3n) is 8.02. The Morgan fingerprint density at radius 3 is 2.50 bits per heavy atom. The lowest BCUT2D eigenvalue weighted by atomic mass is 9.66. The first kappa shape index (κ1) is 24.1. The molecule has 30 heavy (non-hydrogen) atoms. The van der Waals surface area contributed by atoms with E-state index in [1.165, 1.54) is 6.08 Å². The summed E-state index contributed by atoms with van der Waals surface area (Å²) in [6, 6.07) is 0. The van der Waals surface area contributed by atoms with Crippen LogP contribution in [0.1, 0.15) is 53.9 Å². The zero-order chi connectivity index (χ0) is 22.5. The van der Waals surface area contributed by atoms with Crippen LogP contribution in [0.2, 0.25) is 0 Å². The molecule has 0 aromatic carbocycles. The highest BCUT2D eigenvalue weighted by Crippen LogP contribution is 2.63. The molecular formula is C23H40O7. The summed E-state index contributed by atoms with van der Waals surface area (Å²) in [5.41, 5.74) is -2.07. The van der Waals surface area contributed by atoms with E-state index in [1.54, 1.807) is 7.11 Å².